The molecule has 0 spiro atoms. The van der Waals surface area contributed by atoms with Crippen LogP contribution in [0.2, 0.25) is 10.0 Å². The van der Waals surface area contributed by atoms with Crippen LogP contribution in [-0.2, 0) is 0 Å². The number of hydrogen-bond donors (Lipinski definition) is 2. The molecule has 0 amide bonds. The van der Waals surface area contributed by atoms with E-state index in [1.54, 1.807) is 25.6 Å². The van der Waals surface area contributed by atoms with Crippen molar-refractivity contribution >= 4 is 45.7 Å². The maximum Gasteiger partial charge on any atom is 0.163 e. The highest BCUT2D eigenvalue weighted by molar-refractivity contribution is 6.35. The van der Waals surface area contributed by atoms with Gasteiger partial charge in [0.2, 0.25) is 0 Å². The van der Waals surface area contributed by atoms with Crippen LogP contribution >= 0.6 is 23.2 Å². The number of rotatable bonds is 5. The molecule has 0 unspecified atom stereocenters. The molecule has 3 aromatic heterocycles. The fourth-order valence-corrected chi connectivity index (χ4v) is 3.84. The van der Waals surface area contributed by atoms with Crippen molar-refractivity contribution in [2.75, 3.05) is 12.4 Å². The number of ether oxygens (including phenoxy) is 1. The molecule has 0 aliphatic heterocycles. The van der Waals surface area contributed by atoms with Crippen LogP contribution in [0.25, 0.3) is 33.5 Å². The molecule has 32 heavy (non-hydrogen) atoms. The highest BCUT2D eigenvalue weighted by Crippen LogP contribution is 2.31. The summed E-state index contributed by atoms with van der Waals surface area (Å²) in [7, 11) is 1.62. The Morgan fingerprint density at radius 1 is 0.938 bits per heavy atom. The minimum atomic E-state index is 0.548. The average Bonchev–Trinajstić information content (AvgIpc) is 3.27. The largest absolute Gasteiger partial charge is 0.497 e. The summed E-state index contributed by atoms with van der Waals surface area (Å²) < 4.78 is 5.39. The number of benzene rings is 2. The van der Waals surface area contributed by atoms with E-state index in [1.165, 1.54) is 0 Å². The lowest BCUT2D eigenvalue weighted by atomic mass is 10.1. The lowest BCUT2D eigenvalue weighted by molar-refractivity contribution is 0.415. The molecule has 158 valence electrons. The van der Waals surface area contributed by atoms with E-state index in [1.807, 2.05) is 48.5 Å². The second kappa shape index (κ2) is 8.45. The normalized spacial score (nSPS) is 11.0. The van der Waals surface area contributed by atoms with E-state index < -0.39 is 0 Å². The Morgan fingerprint density at radius 3 is 2.53 bits per heavy atom. The van der Waals surface area contributed by atoms with Gasteiger partial charge in [0.1, 0.15) is 11.6 Å². The van der Waals surface area contributed by atoms with Gasteiger partial charge in [0.25, 0.3) is 0 Å². The molecular formula is C23H16Cl2N6O. The summed E-state index contributed by atoms with van der Waals surface area (Å²) in [6.07, 6.45) is 3.44. The summed E-state index contributed by atoms with van der Waals surface area (Å²) in [5.41, 5.74) is 3.16. The van der Waals surface area contributed by atoms with Crippen molar-refractivity contribution in [3.63, 3.8) is 0 Å². The number of halogens is 2. The summed E-state index contributed by atoms with van der Waals surface area (Å²) in [4.78, 5) is 13.6. The number of pyridine rings is 1. The molecule has 0 aliphatic rings. The number of aromatic nitrogens is 5. The number of aromatic amines is 1. The Balaban J connectivity index is 1.58. The Bertz CT molecular complexity index is 1400. The molecule has 0 aliphatic carbocycles. The summed E-state index contributed by atoms with van der Waals surface area (Å²) >= 11 is 12.3. The first-order valence-electron chi connectivity index (χ1n) is 9.64. The number of anilines is 2. The zero-order chi connectivity index (χ0) is 22.1. The quantitative estimate of drug-likeness (QED) is 0.326. The van der Waals surface area contributed by atoms with Crippen LogP contribution in [-0.4, -0.2) is 32.3 Å². The number of hydrogen-bond acceptors (Lipinski definition) is 6. The first-order valence-corrected chi connectivity index (χ1v) is 10.4. The van der Waals surface area contributed by atoms with Gasteiger partial charge in [-0.25, -0.2) is 9.97 Å². The Labute approximate surface area is 193 Å². The lowest BCUT2D eigenvalue weighted by Gasteiger charge is -2.10. The van der Waals surface area contributed by atoms with Gasteiger partial charge in [-0.05, 0) is 48.5 Å². The van der Waals surface area contributed by atoms with Crippen LogP contribution in [0.4, 0.5) is 11.6 Å². The van der Waals surface area contributed by atoms with Gasteiger partial charge < -0.3 is 10.1 Å². The van der Waals surface area contributed by atoms with E-state index in [0.29, 0.717) is 33.3 Å². The van der Waals surface area contributed by atoms with Crippen LogP contribution in [0.1, 0.15) is 0 Å². The number of fused-ring (bicyclic) bond motifs is 1. The highest BCUT2D eigenvalue weighted by Gasteiger charge is 2.13. The van der Waals surface area contributed by atoms with Gasteiger partial charge in [-0.1, -0.05) is 23.2 Å². The molecule has 7 nitrogen and oxygen atoms in total. The molecule has 0 bridgehead atoms. The van der Waals surface area contributed by atoms with Crippen LogP contribution in [0.5, 0.6) is 5.75 Å². The van der Waals surface area contributed by atoms with Crippen molar-refractivity contribution in [2.45, 2.75) is 0 Å². The van der Waals surface area contributed by atoms with Gasteiger partial charge in [-0.2, -0.15) is 5.10 Å². The number of nitrogens with one attached hydrogen (secondary N) is 2. The Kier molecular flexibility index (Phi) is 5.34. The van der Waals surface area contributed by atoms with Crippen LogP contribution < -0.4 is 10.1 Å². The molecule has 2 N–H and O–H groups in total. The predicted octanol–water partition coefficient (Wildman–Crippen LogP) is 6.14. The van der Waals surface area contributed by atoms with Crippen molar-refractivity contribution in [1.82, 2.24) is 25.1 Å². The van der Waals surface area contributed by atoms with Gasteiger partial charge >= 0.3 is 0 Å². The summed E-state index contributed by atoms with van der Waals surface area (Å²) in [5, 5.41) is 12.6. The fraction of sp³-hybridized carbons (Fsp3) is 0.0435. The minimum Gasteiger partial charge on any atom is -0.497 e. The van der Waals surface area contributed by atoms with Crippen molar-refractivity contribution in [3.05, 3.63) is 77.0 Å². The second-order valence-corrected chi connectivity index (χ2v) is 7.84. The van der Waals surface area contributed by atoms with Crippen LogP contribution in [0.15, 0.2) is 67.0 Å². The van der Waals surface area contributed by atoms with Gasteiger partial charge in [0.15, 0.2) is 11.6 Å². The van der Waals surface area contributed by atoms with Crippen molar-refractivity contribution < 1.29 is 4.74 Å². The summed E-state index contributed by atoms with van der Waals surface area (Å²) in [5.74, 6) is 2.43. The zero-order valence-electron chi connectivity index (χ0n) is 16.8. The van der Waals surface area contributed by atoms with E-state index in [2.05, 4.69) is 20.5 Å². The first-order chi connectivity index (χ1) is 15.6. The molecule has 0 saturated carbocycles. The molecule has 5 aromatic rings. The fourth-order valence-electron chi connectivity index (χ4n) is 3.32. The maximum absolute atomic E-state index is 6.14. The molecule has 9 heteroatoms. The molecule has 0 radical (unpaired) electrons. The summed E-state index contributed by atoms with van der Waals surface area (Å²) in [6, 6.07) is 16.6. The van der Waals surface area contributed by atoms with E-state index in [9.17, 15) is 0 Å². The predicted molar refractivity (Wildman–Crippen MR) is 127 cm³/mol. The SMILES string of the molecule is COc1ccc2nc(-c3cccnc3)nc(Nc3cc(-c4cc(Cl)cc(Cl)c4)[nH]n3)c2c1. The van der Waals surface area contributed by atoms with E-state index in [-0.39, 0.29) is 0 Å². The van der Waals surface area contributed by atoms with Crippen LogP contribution in [0, 0.1) is 0 Å². The monoisotopic (exact) mass is 462 g/mol. The third-order valence-corrected chi connectivity index (χ3v) is 5.26. The number of nitrogens with zero attached hydrogens (tertiary/aromatic N) is 4. The molecule has 0 fully saturated rings. The van der Waals surface area contributed by atoms with Crippen LogP contribution in [0.3, 0.4) is 0 Å². The first kappa shape index (κ1) is 20.2. The zero-order valence-corrected chi connectivity index (χ0v) is 18.3. The second-order valence-electron chi connectivity index (χ2n) is 6.97. The Hall–Kier alpha value is -3.68. The topological polar surface area (TPSA) is 88.6 Å². The standard InChI is InChI=1S/C23H16Cl2N6O/c1-32-17-4-5-19-18(10-17)23(29-22(27-19)13-3-2-6-26-12-13)28-21-11-20(30-31-21)14-7-15(24)9-16(25)8-14/h2-12H,1H3,(H2,27,28,29,30,31). The molecule has 0 atom stereocenters. The third kappa shape index (κ3) is 4.08. The maximum atomic E-state index is 6.14. The minimum absolute atomic E-state index is 0.548. The molecule has 2 aromatic carbocycles. The Morgan fingerprint density at radius 2 is 1.78 bits per heavy atom. The average molecular weight is 463 g/mol. The highest BCUT2D eigenvalue weighted by atomic mass is 35.5. The smallest absolute Gasteiger partial charge is 0.163 e. The molecule has 3 heterocycles. The van der Waals surface area contributed by atoms with Crippen molar-refractivity contribution in [1.29, 1.82) is 0 Å². The third-order valence-electron chi connectivity index (χ3n) is 4.82. The van der Waals surface area contributed by atoms with Gasteiger partial charge in [-0.3, -0.25) is 10.1 Å². The van der Waals surface area contributed by atoms with Gasteiger partial charge in [-0.15, -0.1) is 0 Å². The van der Waals surface area contributed by atoms with Gasteiger partial charge in [0.05, 0.1) is 18.3 Å². The van der Waals surface area contributed by atoms with Crippen molar-refractivity contribution in [3.8, 4) is 28.4 Å². The number of H-pyrrole nitrogens is 1. The molecular weight excluding hydrogens is 447 g/mol. The molecule has 0 saturated heterocycles. The lowest BCUT2D eigenvalue weighted by Crippen LogP contribution is -2.00. The summed E-state index contributed by atoms with van der Waals surface area (Å²) in [6.45, 7) is 0. The van der Waals surface area contributed by atoms with E-state index >= 15 is 0 Å². The van der Waals surface area contributed by atoms with E-state index in [0.717, 1.165) is 27.7 Å². The van der Waals surface area contributed by atoms with E-state index in [4.69, 9.17) is 37.9 Å². The van der Waals surface area contributed by atoms with Gasteiger partial charge in [0, 0.05) is 45.0 Å². The molecule has 5 rings (SSSR count). The number of methoxy groups -OCH3 is 1. The van der Waals surface area contributed by atoms with Crippen molar-refractivity contribution in [2.24, 2.45) is 0 Å².